The van der Waals surface area contributed by atoms with Crippen LogP contribution in [0.25, 0.3) is 10.3 Å². The number of ether oxygens (including phenoxy) is 1. The van der Waals surface area contributed by atoms with Crippen LogP contribution >= 0.6 is 22.9 Å². The number of thiazole rings is 1. The summed E-state index contributed by atoms with van der Waals surface area (Å²) in [4.78, 5) is 26.0. The van der Waals surface area contributed by atoms with E-state index in [1.165, 1.54) is 22.4 Å². The number of carbonyl (C=O) groups excluding carboxylic acids is 1. The highest BCUT2D eigenvalue weighted by atomic mass is 35.5. The summed E-state index contributed by atoms with van der Waals surface area (Å²) in [5.41, 5.74) is -0.178. The largest absolute Gasteiger partial charge is 0.483 e. The molecule has 0 atom stereocenters. The number of hydrogen-bond acceptors (Lipinski definition) is 5. The lowest BCUT2D eigenvalue weighted by molar-refractivity contribution is 0.0993. The maximum Gasteiger partial charge on any atom is 0.284 e. The molecule has 3 rings (SSSR count). The number of nitrogens with zero attached hydrogens (tertiary/aromatic N) is 4. The predicted molar refractivity (Wildman–Crippen MR) is 99.6 cm³/mol. The van der Waals surface area contributed by atoms with Gasteiger partial charge < -0.3 is 9.64 Å². The molecule has 2 heterocycles. The van der Waals surface area contributed by atoms with E-state index in [9.17, 15) is 13.6 Å². The molecule has 0 aliphatic carbocycles. The summed E-state index contributed by atoms with van der Waals surface area (Å²) in [6, 6.07) is 3.72. The van der Waals surface area contributed by atoms with Gasteiger partial charge in [0.2, 0.25) is 0 Å². The Morgan fingerprint density at radius 3 is 2.93 bits per heavy atom. The van der Waals surface area contributed by atoms with Crippen LogP contribution in [0.5, 0.6) is 5.75 Å². The van der Waals surface area contributed by atoms with Crippen LogP contribution in [0.1, 0.15) is 15.4 Å². The normalized spacial score (nSPS) is 11.3. The van der Waals surface area contributed by atoms with Crippen LogP contribution in [0.4, 0.5) is 8.78 Å². The van der Waals surface area contributed by atoms with Gasteiger partial charge in [0.25, 0.3) is 5.91 Å². The number of rotatable bonds is 5. The van der Waals surface area contributed by atoms with E-state index in [4.69, 9.17) is 16.3 Å². The van der Waals surface area contributed by atoms with Crippen molar-refractivity contribution in [1.29, 1.82) is 0 Å². The molecule has 0 saturated heterocycles. The van der Waals surface area contributed by atoms with Crippen molar-refractivity contribution in [2.24, 2.45) is 4.99 Å². The molecule has 2 aromatic heterocycles. The number of fused-ring (bicyclic) bond motifs is 1. The summed E-state index contributed by atoms with van der Waals surface area (Å²) >= 11 is 7.13. The number of aliphatic imine (C=N–C) groups is 1. The van der Waals surface area contributed by atoms with E-state index in [1.807, 2.05) is 0 Å². The Balaban J connectivity index is 1.82. The number of hydrogen-bond donors (Lipinski definition) is 0. The Morgan fingerprint density at radius 2 is 2.19 bits per heavy atom. The third-order valence-electron chi connectivity index (χ3n) is 3.29. The van der Waals surface area contributed by atoms with E-state index < -0.39 is 23.1 Å². The molecule has 10 heteroatoms. The Kier molecular flexibility index (Phi) is 5.62. The zero-order valence-corrected chi connectivity index (χ0v) is 15.8. The molecule has 1 aromatic carbocycles. The summed E-state index contributed by atoms with van der Waals surface area (Å²) < 4.78 is 33.8. The van der Waals surface area contributed by atoms with E-state index in [-0.39, 0.29) is 12.4 Å². The van der Waals surface area contributed by atoms with Gasteiger partial charge in [-0.1, -0.05) is 22.9 Å². The highest BCUT2D eigenvalue weighted by Crippen LogP contribution is 2.27. The number of halogens is 3. The zero-order chi connectivity index (χ0) is 19.6. The average molecular weight is 411 g/mol. The van der Waals surface area contributed by atoms with Crippen molar-refractivity contribution in [1.82, 2.24) is 14.9 Å². The number of carbonyl (C=O) groups is 1. The fourth-order valence-electron chi connectivity index (χ4n) is 2.12. The lowest BCUT2D eigenvalue weighted by atomic mass is 10.1. The lowest BCUT2D eigenvalue weighted by Gasteiger charge is -2.09. The van der Waals surface area contributed by atoms with Crippen LogP contribution in [0.3, 0.4) is 0 Å². The first-order valence-electron chi connectivity index (χ1n) is 7.62. The molecule has 3 aromatic rings. The second-order valence-electron chi connectivity index (χ2n) is 5.62. The molecule has 6 nitrogen and oxygen atoms in total. The van der Waals surface area contributed by atoms with Crippen molar-refractivity contribution in [3.05, 3.63) is 51.6 Å². The highest BCUT2D eigenvalue weighted by Gasteiger charge is 2.21. The average Bonchev–Trinajstić information content (AvgIpc) is 3.01. The van der Waals surface area contributed by atoms with E-state index in [1.54, 1.807) is 20.2 Å². The second-order valence-corrected chi connectivity index (χ2v) is 7.12. The fraction of sp³-hybridized carbons (Fsp3) is 0.176. The van der Waals surface area contributed by atoms with E-state index in [2.05, 4.69) is 15.0 Å². The van der Waals surface area contributed by atoms with Gasteiger partial charge in [0.15, 0.2) is 11.6 Å². The van der Waals surface area contributed by atoms with Crippen LogP contribution in [0, 0.1) is 11.6 Å². The van der Waals surface area contributed by atoms with E-state index >= 15 is 0 Å². The highest BCUT2D eigenvalue weighted by molar-refractivity contribution is 7.18. The van der Waals surface area contributed by atoms with Crippen LogP contribution in [0.15, 0.2) is 29.4 Å². The molecule has 1 amide bonds. The first kappa shape index (κ1) is 19.1. The number of aromatic nitrogens is 2. The minimum absolute atomic E-state index is 0.0736. The second kappa shape index (κ2) is 7.93. The predicted octanol–water partition coefficient (Wildman–Crippen LogP) is 3.93. The first-order valence-corrected chi connectivity index (χ1v) is 8.81. The lowest BCUT2D eigenvalue weighted by Crippen LogP contribution is -2.12. The van der Waals surface area contributed by atoms with Crippen molar-refractivity contribution in [3.63, 3.8) is 0 Å². The Hall–Kier alpha value is -2.65. The minimum Gasteiger partial charge on any atom is -0.483 e. The van der Waals surface area contributed by atoms with Crippen molar-refractivity contribution in [3.8, 4) is 5.75 Å². The number of pyridine rings is 1. The van der Waals surface area contributed by atoms with Crippen molar-refractivity contribution in [2.45, 2.75) is 6.61 Å². The number of benzene rings is 1. The maximum atomic E-state index is 14.5. The molecule has 0 aliphatic heterocycles. The molecule has 0 fully saturated rings. The van der Waals surface area contributed by atoms with Gasteiger partial charge in [-0.25, -0.2) is 18.7 Å². The van der Waals surface area contributed by atoms with Gasteiger partial charge >= 0.3 is 0 Å². The fourth-order valence-corrected chi connectivity index (χ4v) is 3.07. The molecular weight excluding hydrogens is 398 g/mol. The summed E-state index contributed by atoms with van der Waals surface area (Å²) in [5.74, 6) is -3.44. The summed E-state index contributed by atoms with van der Waals surface area (Å²) in [6.45, 7) is -0.0736. The maximum absolute atomic E-state index is 14.5. The monoisotopic (exact) mass is 410 g/mol. The van der Waals surface area contributed by atoms with Gasteiger partial charge in [0, 0.05) is 20.3 Å². The van der Waals surface area contributed by atoms with Gasteiger partial charge in [-0.15, -0.1) is 0 Å². The third kappa shape index (κ3) is 4.37. The van der Waals surface area contributed by atoms with Crippen molar-refractivity contribution in [2.75, 3.05) is 14.1 Å². The minimum atomic E-state index is -1.11. The summed E-state index contributed by atoms with van der Waals surface area (Å²) in [7, 11) is 3.26. The van der Waals surface area contributed by atoms with Gasteiger partial charge in [-0.3, -0.25) is 4.79 Å². The molecule has 0 spiro atoms. The standard InChI is InChI=1S/C17H13ClF2N4O2S/c1-24(2)8-22-16(25)14-10(19)3-4-12(15(14)20)26-7-13-23-11-5-9(18)6-21-17(11)27-13/h3-6,8H,7H2,1-2H3/b22-8+. The van der Waals surface area contributed by atoms with Gasteiger partial charge in [-0.05, 0) is 18.2 Å². The molecule has 0 radical (unpaired) electrons. The summed E-state index contributed by atoms with van der Waals surface area (Å²) in [5, 5.41) is 0.980. The van der Waals surface area contributed by atoms with Gasteiger partial charge in [0.1, 0.15) is 33.3 Å². The van der Waals surface area contributed by atoms with E-state index in [0.29, 0.717) is 20.4 Å². The molecule has 27 heavy (non-hydrogen) atoms. The number of amides is 1. The molecule has 0 unspecified atom stereocenters. The van der Waals surface area contributed by atoms with Crippen LogP contribution in [-0.4, -0.2) is 41.2 Å². The molecule has 0 aliphatic rings. The Morgan fingerprint density at radius 1 is 1.41 bits per heavy atom. The SMILES string of the molecule is CN(C)/C=N/C(=O)c1c(F)ccc(OCc2nc3cc(Cl)cnc3s2)c1F. The molecular formula is C17H13ClF2N4O2S. The topological polar surface area (TPSA) is 67.7 Å². The van der Waals surface area contributed by atoms with Crippen molar-refractivity contribution < 1.29 is 18.3 Å². The first-order chi connectivity index (χ1) is 12.8. The smallest absolute Gasteiger partial charge is 0.284 e. The quantitative estimate of drug-likeness (QED) is 0.471. The molecule has 0 saturated carbocycles. The Labute approximate surface area is 162 Å². The van der Waals surface area contributed by atoms with Crippen LogP contribution in [-0.2, 0) is 6.61 Å². The molecule has 140 valence electrons. The van der Waals surface area contributed by atoms with Crippen LogP contribution in [0.2, 0.25) is 5.02 Å². The van der Waals surface area contributed by atoms with E-state index in [0.717, 1.165) is 18.5 Å². The third-order valence-corrected chi connectivity index (χ3v) is 4.44. The van der Waals surface area contributed by atoms with Gasteiger partial charge in [-0.2, -0.15) is 4.99 Å². The van der Waals surface area contributed by atoms with Gasteiger partial charge in [0.05, 0.1) is 11.4 Å². The van der Waals surface area contributed by atoms with Crippen LogP contribution < -0.4 is 4.74 Å². The zero-order valence-electron chi connectivity index (χ0n) is 14.2. The summed E-state index contributed by atoms with van der Waals surface area (Å²) in [6.07, 6.45) is 2.66. The Bertz CT molecular complexity index is 1040. The molecule has 0 bridgehead atoms. The van der Waals surface area contributed by atoms with Crippen molar-refractivity contribution >= 4 is 45.5 Å². The molecule has 0 N–H and O–H groups in total.